The van der Waals surface area contributed by atoms with Crippen LogP contribution in [0.3, 0.4) is 0 Å². The van der Waals surface area contributed by atoms with E-state index < -0.39 is 28.7 Å². The van der Waals surface area contributed by atoms with Gasteiger partial charge >= 0.3 is 6.18 Å². The first-order valence-corrected chi connectivity index (χ1v) is 6.88. The van der Waals surface area contributed by atoms with Crippen LogP contribution >= 0.6 is 27.5 Å². The van der Waals surface area contributed by atoms with Crippen molar-refractivity contribution in [1.29, 1.82) is 0 Å². The van der Waals surface area contributed by atoms with Crippen LogP contribution in [0.1, 0.15) is 5.56 Å². The van der Waals surface area contributed by atoms with Crippen molar-refractivity contribution in [2.24, 2.45) is 0 Å². The van der Waals surface area contributed by atoms with E-state index in [-0.39, 0.29) is 11.1 Å². The van der Waals surface area contributed by atoms with Crippen molar-refractivity contribution in [1.82, 2.24) is 19.6 Å². The molecule has 0 saturated heterocycles. The molecule has 22 heavy (non-hydrogen) atoms. The molecule has 0 aliphatic heterocycles. The highest BCUT2D eigenvalue weighted by molar-refractivity contribution is 9.10. The van der Waals surface area contributed by atoms with Crippen LogP contribution in [0.2, 0.25) is 5.28 Å². The van der Waals surface area contributed by atoms with E-state index in [9.17, 15) is 17.6 Å². The first-order chi connectivity index (χ1) is 10.3. The van der Waals surface area contributed by atoms with Gasteiger partial charge in [-0.25, -0.2) is 14.5 Å². The molecule has 3 aromatic heterocycles. The van der Waals surface area contributed by atoms with Gasteiger partial charge in [-0.1, -0.05) is 0 Å². The van der Waals surface area contributed by atoms with Gasteiger partial charge in [-0.15, -0.1) is 5.10 Å². The third-order valence-corrected chi connectivity index (χ3v) is 3.50. The van der Waals surface area contributed by atoms with Gasteiger partial charge in [-0.05, 0) is 39.7 Å². The van der Waals surface area contributed by atoms with Gasteiger partial charge < -0.3 is 0 Å². The van der Waals surface area contributed by atoms with E-state index >= 15 is 0 Å². The number of rotatable bonds is 1. The smallest absolute Gasteiger partial charge is 0.236 e. The van der Waals surface area contributed by atoms with E-state index in [1.807, 2.05) is 0 Å². The van der Waals surface area contributed by atoms with Gasteiger partial charge in [0, 0.05) is 16.9 Å². The fraction of sp³-hybridized carbons (Fsp3) is 0.0833. The van der Waals surface area contributed by atoms with E-state index in [1.54, 1.807) is 6.07 Å². The zero-order valence-electron chi connectivity index (χ0n) is 10.4. The molecule has 3 heterocycles. The molecule has 3 rings (SSSR count). The van der Waals surface area contributed by atoms with Crippen LogP contribution in [0, 0.1) is 5.95 Å². The number of hydrogen-bond acceptors (Lipinski definition) is 3. The molecule has 10 heteroatoms. The monoisotopic (exact) mass is 394 g/mol. The molecule has 0 aliphatic rings. The maximum Gasteiger partial charge on any atom is 0.420 e. The van der Waals surface area contributed by atoms with E-state index in [0.29, 0.717) is 10.7 Å². The van der Waals surface area contributed by atoms with Crippen molar-refractivity contribution in [3.63, 3.8) is 0 Å². The van der Waals surface area contributed by atoms with Crippen molar-refractivity contribution >= 4 is 33.0 Å². The lowest BCUT2D eigenvalue weighted by molar-refractivity contribution is -0.137. The lowest BCUT2D eigenvalue weighted by Crippen LogP contribution is -2.10. The molecule has 0 unspecified atom stereocenters. The molecule has 0 N–H and O–H groups in total. The summed E-state index contributed by atoms with van der Waals surface area (Å²) in [6.07, 6.45) is -2.82. The molecule has 0 aliphatic carbocycles. The third kappa shape index (κ3) is 2.54. The molecule has 0 bridgehead atoms. The van der Waals surface area contributed by atoms with Gasteiger partial charge in [0.05, 0.1) is 16.8 Å². The Balaban J connectivity index is 2.37. The first-order valence-electron chi connectivity index (χ1n) is 5.71. The van der Waals surface area contributed by atoms with E-state index in [2.05, 4.69) is 31.0 Å². The lowest BCUT2D eigenvalue weighted by Gasteiger charge is -2.10. The number of halogens is 6. The summed E-state index contributed by atoms with van der Waals surface area (Å²) in [5.41, 5.74) is -2.10. The van der Waals surface area contributed by atoms with E-state index in [0.717, 1.165) is 4.52 Å². The number of alkyl halides is 3. The zero-order chi connectivity index (χ0) is 16.1. The summed E-state index contributed by atoms with van der Waals surface area (Å²) < 4.78 is 55.1. The maximum absolute atomic E-state index is 14.1. The fourth-order valence-corrected chi connectivity index (χ4v) is 2.43. The SMILES string of the molecule is Fc1nn2cc(Br)ccc2c1-c1nc(Cl)ncc1C(F)(F)F. The summed E-state index contributed by atoms with van der Waals surface area (Å²) in [5, 5.41) is 3.13. The Morgan fingerprint density at radius 1 is 1.23 bits per heavy atom. The Bertz CT molecular complexity index is 877. The standard InChI is InChI=1S/C12H4BrClF4N4/c13-5-1-2-7-8(10(15)21-22(7)4-5)9-6(12(16,17)18)3-19-11(14)20-9/h1-4H. The Hall–Kier alpha value is -1.74. The minimum absolute atomic E-state index is 0.126. The van der Waals surface area contributed by atoms with Crippen LogP contribution in [-0.4, -0.2) is 19.6 Å². The van der Waals surface area contributed by atoms with Gasteiger partial charge in [0.15, 0.2) is 0 Å². The lowest BCUT2D eigenvalue weighted by atomic mass is 10.1. The summed E-state index contributed by atoms with van der Waals surface area (Å²) in [7, 11) is 0. The molecule has 0 saturated carbocycles. The second-order valence-electron chi connectivity index (χ2n) is 4.24. The van der Waals surface area contributed by atoms with Crippen LogP contribution < -0.4 is 0 Å². The number of hydrogen-bond donors (Lipinski definition) is 0. The molecule has 0 amide bonds. The summed E-state index contributed by atoms with van der Waals surface area (Å²) >= 11 is 8.74. The van der Waals surface area contributed by atoms with Gasteiger partial charge in [-0.3, -0.25) is 0 Å². The molecule has 0 fully saturated rings. The van der Waals surface area contributed by atoms with Crippen LogP contribution in [0.4, 0.5) is 17.6 Å². The first kappa shape index (κ1) is 15.2. The topological polar surface area (TPSA) is 43.1 Å². The highest BCUT2D eigenvalue weighted by Crippen LogP contribution is 2.38. The summed E-state index contributed by atoms with van der Waals surface area (Å²) in [4.78, 5) is 6.86. The van der Waals surface area contributed by atoms with Crippen molar-refractivity contribution < 1.29 is 17.6 Å². The number of nitrogens with zero attached hydrogens (tertiary/aromatic N) is 4. The zero-order valence-corrected chi connectivity index (χ0v) is 12.7. The third-order valence-electron chi connectivity index (χ3n) is 2.85. The van der Waals surface area contributed by atoms with E-state index in [1.165, 1.54) is 12.3 Å². The fourth-order valence-electron chi connectivity index (χ4n) is 1.97. The van der Waals surface area contributed by atoms with Crippen molar-refractivity contribution in [3.8, 4) is 11.3 Å². The molecule has 4 nitrogen and oxygen atoms in total. The molecule has 0 radical (unpaired) electrons. The molecule has 0 spiro atoms. The van der Waals surface area contributed by atoms with Crippen LogP contribution in [-0.2, 0) is 6.18 Å². The molecule has 3 aromatic rings. The predicted octanol–water partition coefficient (Wildman–Crippen LogP) is 4.37. The van der Waals surface area contributed by atoms with Gasteiger partial charge in [0.1, 0.15) is 5.56 Å². The van der Waals surface area contributed by atoms with Gasteiger partial charge in [0.25, 0.3) is 0 Å². The largest absolute Gasteiger partial charge is 0.420 e. The summed E-state index contributed by atoms with van der Waals surface area (Å²) in [5.74, 6) is -1.08. The second kappa shape index (κ2) is 5.17. The van der Waals surface area contributed by atoms with Crippen molar-refractivity contribution in [2.75, 3.05) is 0 Å². The molecular formula is C12H4BrClF4N4. The predicted molar refractivity (Wildman–Crippen MR) is 73.9 cm³/mol. The quantitative estimate of drug-likeness (QED) is 0.454. The maximum atomic E-state index is 14.1. The summed E-state index contributed by atoms with van der Waals surface area (Å²) in [6, 6.07) is 2.97. The Kier molecular flexibility index (Phi) is 3.56. The van der Waals surface area contributed by atoms with Crippen LogP contribution in [0.15, 0.2) is 29.0 Å². The number of pyridine rings is 1. The van der Waals surface area contributed by atoms with Gasteiger partial charge in [-0.2, -0.15) is 17.6 Å². The molecule has 0 aromatic carbocycles. The average Bonchev–Trinajstić information content (AvgIpc) is 2.72. The Labute approximate surface area is 133 Å². The van der Waals surface area contributed by atoms with E-state index in [4.69, 9.17) is 11.6 Å². The summed E-state index contributed by atoms with van der Waals surface area (Å²) in [6.45, 7) is 0. The Morgan fingerprint density at radius 2 is 1.95 bits per heavy atom. The highest BCUT2D eigenvalue weighted by atomic mass is 79.9. The number of fused-ring (bicyclic) bond motifs is 1. The van der Waals surface area contributed by atoms with Crippen molar-refractivity contribution in [3.05, 3.63) is 45.8 Å². The normalized spacial score (nSPS) is 12.1. The van der Waals surface area contributed by atoms with Crippen molar-refractivity contribution in [2.45, 2.75) is 6.18 Å². The van der Waals surface area contributed by atoms with Gasteiger partial charge in [0.2, 0.25) is 11.2 Å². The Morgan fingerprint density at radius 3 is 2.64 bits per heavy atom. The van der Waals surface area contributed by atoms with Crippen LogP contribution in [0.5, 0.6) is 0 Å². The highest BCUT2D eigenvalue weighted by Gasteiger charge is 2.37. The molecular weight excluding hydrogens is 392 g/mol. The second-order valence-corrected chi connectivity index (χ2v) is 5.50. The van der Waals surface area contributed by atoms with Crippen LogP contribution in [0.25, 0.3) is 16.8 Å². The average molecular weight is 396 g/mol. The minimum atomic E-state index is -4.75. The minimum Gasteiger partial charge on any atom is -0.236 e. The number of aromatic nitrogens is 4. The molecule has 0 atom stereocenters. The molecule has 114 valence electrons.